The van der Waals surface area contributed by atoms with Gasteiger partial charge >= 0.3 is 0 Å². The molecule has 1 aliphatic rings. The van der Waals surface area contributed by atoms with E-state index in [0.717, 1.165) is 0 Å². The van der Waals surface area contributed by atoms with Crippen LogP contribution in [0, 0.1) is 0 Å². The number of nitrogens with two attached hydrogens (primary N) is 1. The number of nitrogen functional groups attached to an aromatic ring is 1. The van der Waals surface area contributed by atoms with Crippen LogP contribution in [0.3, 0.4) is 0 Å². The third-order valence-corrected chi connectivity index (χ3v) is 3.71. The highest BCUT2D eigenvalue weighted by molar-refractivity contribution is 5.40. The van der Waals surface area contributed by atoms with Crippen LogP contribution in [0.15, 0.2) is 4.79 Å². The fourth-order valence-corrected chi connectivity index (χ4v) is 2.70. The van der Waals surface area contributed by atoms with Gasteiger partial charge in [0, 0.05) is 32.7 Å². The molecule has 0 aliphatic carbocycles. The second kappa shape index (κ2) is 5.93. The molecule has 6 heteroatoms. The Bertz CT molecular complexity index is 513. The Kier molecular flexibility index (Phi) is 4.45. The molecule has 20 heavy (non-hydrogen) atoms. The zero-order chi connectivity index (χ0) is 14.8. The number of nitrogens with zero attached hydrogens (tertiary/aromatic N) is 1. The van der Waals surface area contributed by atoms with Crippen molar-refractivity contribution in [2.75, 3.05) is 25.6 Å². The second-order valence-electron chi connectivity index (χ2n) is 5.41. The highest BCUT2D eigenvalue weighted by Crippen LogP contribution is 2.34. The normalized spacial score (nSPS) is 18.4. The van der Waals surface area contributed by atoms with Crippen molar-refractivity contribution in [3.63, 3.8) is 0 Å². The predicted molar refractivity (Wildman–Crippen MR) is 76.7 cm³/mol. The molecule has 0 bridgehead atoms. The molecule has 0 unspecified atom stereocenters. The second-order valence-corrected chi connectivity index (χ2v) is 5.41. The number of nitrogens with one attached hydrogen (secondary N) is 1. The van der Waals surface area contributed by atoms with Crippen LogP contribution in [0.1, 0.15) is 50.9 Å². The highest BCUT2D eigenvalue weighted by atomic mass is 16.5. The van der Waals surface area contributed by atoms with E-state index >= 15 is 0 Å². The molecule has 112 valence electrons. The number of anilines is 1. The van der Waals surface area contributed by atoms with Gasteiger partial charge in [-0.3, -0.25) is 4.79 Å². The van der Waals surface area contributed by atoms with E-state index in [-0.39, 0.29) is 11.5 Å². The van der Waals surface area contributed by atoms with Gasteiger partial charge in [0.05, 0.1) is 5.56 Å². The van der Waals surface area contributed by atoms with E-state index in [9.17, 15) is 4.79 Å². The van der Waals surface area contributed by atoms with Gasteiger partial charge in [-0.2, -0.15) is 0 Å². The molecule has 1 fully saturated rings. The lowest BCUT2D eigenvalue weighted by molar-refractivity contribution is -0.117. The maximum atomic E-state index is 12.2. The first-order valence-electron chi connectivity index (χ1n) is 7.12. The summed E-state index contributed by atoms with van der Waals surface area (Å²) >= 11 is 0. The Morgan fingerprint density at radius 1 is 1.45 bits per heavy atom. The summed E-state index contributed by atoms with van der Waals surface area (Å²) in [5, 5.41) is 0. The van der Waals surface area contributed by atoms with Gasteiger partial charge in [-0.1, -0.05) is 13.8 Å². The van der Waals surface area contributed by atoms with E-state index in [2.05, 4.69) is 9.97 Å². The molecule has 1 aliphatic heterocycles. The minimum atomic E-state index is -0.588. The van der Waals surface area contributed by atoms with Crippen molar-refractivity contribution in [1.29, 1.82) is 0 Å². The highest BCUT2D eigenvalue weighted by Gasteiger charge is 2.38. The Morgan fingerprint density at radius 2 is 2.10 bits per heavy atom. The Morgan fingerprint density at radius 3 is 2.60 bits per heavy atom. The SMILES string of the molecule is CCOC1(c2nc(N)c(C(C)C)c(=O)[nH]2)CCOCC1. The fraction of sp³-hybridized carbons (Fsp3) is 0.714. The average molecular weight is 281 g/mol. The van der Waals surface area contributed by atoms with Crippen LogP contribution in [0.25, 0.3) is 0 Å². The lowest BCUT2D eigenvalue weighted by Gasteiger charge is -2.36. The fourth-order valence-electron chi connectivity index (χ4n) is 2.70. The zero-order valence-electron chi connectivity index (χ0n) is 12.4. The van der Waals surface area contributed by atoms with Gasteiger partial charge in [0.15, 0.2) is 0 Å². The van der Waals surface area contributed by atoms with Crippen molar-refractivity contribution >= 4 is 5.82 Å². The van der Waals surface area contributed by atoms with E-state index in [1.807, 2.05) is 20.8 Å². The summed E-state index contributed by atoms with van der Waals surface area (Å²) in [7, 11) is 0. The van der Waals surface area contributed by atoms with Crippen molar-refractivity contribution in [1.82, 2.24) is 9.97 Å². The zero-order valence-corrected chi connectivity index (χ0v) is 12.4. The molecule has 0 spiro atoms. The van der Waals surface area contributed by atoms with Gasteiger partial charge in [-0.15, -0.1) is 0 Å². The molecule has 0 atom stereocenters. The van der Waals surface area contributed by atoms with Crippen LogP contribution >= 0.6 is 0 Å². The Balaban J connectivity index is 2.47. The third-order valence-electron chi connectivity index (χ3n) is 3.71. The lowest BCUT2D eigenvalue weighted by Crippen LogP contribution is -2.40. The third kappa shape index (κ3) is 2.71. The lowest BCUT2D eigenvalue weighted by atomic mass is 9.92. The van der Waals surface area contributed by atoms with Crippen molar-refractivity contribution < 1.29 is 9.47 Å². The van der Waals surface area contributed by atoms with Gasteiger partial charge in [0.25, 0.3) is 5.56 Å². The molecule has 3 N–H and O–H groups in total. The van der Waals surface area contributed by atoms with Crippen molar-refractivity contribution in [3.05, 3.63) is 21.7 Å². The molecule has 1 aromatic rings. The number of ether oxygens (including phenoxy) is 2. The van der Waals surface area contributed by atoms with E-state index in [1.165, 1.54) is 0 Å². The number of hydrogen-bond acceptors (Lipinski definition) is 5. The van der Waals surface area contributed by atoms with Crippen LogP contribution < -0.4 is 11.3 Å². The van der Waals surface area contributed by atoms with E-state index < -0.39 is 5.60 Å². The van der Waals surface area contributed by atoms with Gasteiger partial charge in [0.1, 0.15) is 17.2 Å². The standard InChI is InChI=1S/C14H23N3O3/c1-4-20-14(5-7-19-8-6-14)13-16-11(15)10(9(2)3)12(18)17-13/h9H,4-8H2,1-3H3,(H3,15,16,17,18). The maximum absolute atomic E-state index is 12.2. The van der Waals surface area contributed by atoms with Gasteiger partial charge in [-0.05, 0) is 12.8 Å². The van der Waals surface area contributed by atoms with Crippen molar-refractivity contribution in [2.45, 2.75) is 45.1 Å². The average Bonchev–Trinajstić information content (AvgIpc) is 2.38. The first kappa shape index (κ1) is 15.0. The van der Waals surface area contributed by atoms with Gasteiger partial charge < -0.3 is 20.2 Å². The van der Waals surface area contributed by atoms with Gasteiger partial charge in [-0.25, -0.2) is 4.98 Å². The monoisotopic (exact) mass is 281 g/mol. The summed E-state index contributed by atoms with van der Waals surface area (Å²) in [6.45, 7) is 7.52. The summed E-state index contributed by atoms with van der Waals surface area (Å²) in [5.41, 5.74) is 5.74. The molecule has 2 rings (SSSR count). The summed E-state index contributed by atoms with van der Waals surface area (Å²) < 4.78 is 11.3. The number of hydrogen-bond donors (Lipinski definition) is 2. The molecule has 0 amide bonds. The van der Waals surface area contributed by atoms with Gasteiger partial charge in [0.2, 0.25) is 0 Å². The van der Waals surface area contributed by atoms with Crippen molar-refractivity contribution in [3.8, 4) is 0 Å². The molecule has 6 nitrogen and oxygen atoms in total. The molecular formula is C14H23N3O3. The topological polar surface area (TPSA) is 90.2 Å². The number of rotatable bonds is 4. The first-order valence-corrected chi connectivity index (χ1v) is 7.12. The maximum Gasteiger partial charge on any atom is 0.256 e. The number of aromatic amines is 1. The van der Waals surface area contributed by atoms with Crippen LogP contribution in [0.4, 0.5) is 5.82 Å². The smallest absolute Gasteiger partial charge is 0.256 e. The van der Waals surface area contributed by atoms with Crippen LogP contribution in [-0.4, -0.2) is 29.8 Å². The number of aromatic nitrogens is 2. The van der Waals surface area contributed by atoms with E-state index in [1.54, 1.807) is 0 Å². The minimum absolute atomic E-state index is 0.0398. The Hall–Kier alpha value is -1.40. The molecule has 1 saturated heterocycles. The van der Waals surface area contributed by atoms with Crippen LogP contribution in [0.2, 0.25) is 0 Å². The van der Waals surface area contributed by atoms with Crippen LogP contribution in [-0.2, 0) is 15.1 Å². The predicted octanol–water partition coefficient (Wildman–Crippen LogP) is 1.52. The molecule has 2 heterocycles. The van der Waals surface area contributed by atoms with E-state index in [0.29, 0.717) is 49.9 Å². The molecule has 0 radical (unpaired) electrons. The minimum Gasteiger partial charge on any atom is -0.383 e. The summed E-state index contributed by atoms with van der Waals surface area (Å²) in [5.74, 6) is 0.858. The number of H-pyrrole nitrogens is 1. The largest absolute Gasteiger partial charge is 0.383 e. The first-order chi connectivity index (χ1) is 9.50. The Labute approximate surface area is 118 Å². The molecule has 0 aromatic carbocycles. The van der Waals surface area contributed by atoms with Crippen LogP contribution in [0.5, 0.6) is 0 Å². The van der Waals surface area contributed by atoms with E-state index in [4.69, 9.17) is 15.2 Å². The quantitative estimate of drug-likeness (QED) is 0.873. The molecular weight excluding hydrogens is 258 g/mol. The summed E-state index contributed by atoms with van der Waals surface area (Å²) in [6.07, 6.45) is 1.34. The molecule has 1 aromatic heterocycles. The summed E-state index contributed by atoms with van der Waals surface area (Å²) in [6, 6.07) is 0. The molecule has 0 saturated carbocycles. The summed E-state index contributed by atoms with van der Waals surface area (Å²) in [4.78, 5) is 19.5. The van der Waals surface area contributed by atoms with Crippen molar-refractivity contribution in [2.24, 2.45) is 0 Å².